The second-order valence-corrected chi connectivity index (χ2v) is 8.73. The van der Waals surface area contributed by atoms with Crippen LogP contribution in [0, 0.1) is 20.8 Å². The molecule has 1 aromatic heterocycles. The van der Waals surface area contributed by atoms with Gasteiger partial charge in [0.2, 0.25) is 10.0 Å². The van der Waals surface area contributed by atoms with Gasteiger partial charge in [-0.05, 0) is 38.0 Å². The summed E-state index contributed by atoms with van der Waals surface area (Å²) in [5, 5.41) is 4.28. The Hall–Kier alpha value is -1.70. The molecule has 1 fully saturated rings. The van der Waals surface area contributed by atoms with Crippen molar-refractivity contribution in [3.05, 3.63) is 46.8 Å². The molecule has 0 unspecified atom stereocenters. The third-order valence-corrected chi connectivity index (χ3v) is 7.06. The van der Waals surface area contributed by atoms with Gasteiger partial charge in [-0.15, -0.1) is 0 Å². The number of hydrogen-bond donors (Lipinski definition) is 0. The molecule has 0 saturated carbocycles. The van der Waals surface area contributed by atoms with Crippen molar-refractivity contribution in [1.82, 2.24) is 19.0 Å². The highest BCUT2D eigenvalue weighted by Gasteiger charge is 2.29. The molecule has 136 valence electrons. The molecule has 1 aliphatic heterocycles. The van der Waals surface area contributed by atoms with Crippen LogP contribution in [0.1, 0.15) is 22.4 Å². The number of aromatic nitrogens is 2. The Labute approximate surface area is 150 Å². The van der Waals surface area contributed by atoms with Crippen LogP contribution in [0.5, 0.6) is 0 Å². The quantitative estimate of drug-likeness (QED) is 0.833. The zero-order valence-corrected chi connectivity index (χ0v) is 16.2. The van der Waals surface area contributed by atoms with E-state index >= 15 is 0 Å². The van der Waals surface area contributed by atoms with Gasteiger partial charge < -0.3 is 0 Å². The molecule has 0 spiro atoms. The van der Waals surface area contributed by atoms with E-state index in [0.717, 1.165) is 36.5 Å². The van der Waals surface area contributed by atoms with Crippen molar-refractivity contribution in [3.63, 3.8) is 0 Å². The topological polar surface area (TPSA) is 58.4 Å². The van der Waals surface area contributed by atoms with E-state index in [4.69, 9.17) is 0 Å². The van der Waals surface area contributed by atoms with Crippen LogP contribution < -0.4 is 0 Å². The lowest BCUT2D eigenvalue weighted by Crippen LogP contribution is -2.48. The molecule has 3 rings (SSSR count). The Balaban J connectivity index is 1.69. The van der Waals surface area contributed by atoms with Gasteiger partial charge in [0.1, 0.15) is 0 Å². The van der Waals surface area contributed by atoms with Gasteiger partial charge in [0.15, 0.2) is 0 Å². The van der Waals surface area contributed by atoms with E-state index in [0.29, 0.717) is 18.0 Å². The molecular weight excluding hydrogens is 336 g/mol. The highest BCUT2D eigenvalue weighted by atomic mass is 32.2. The highest BCUT2D eigenvalue weighted by molar-refractivity contribution is 7.89. The molecule has 6 nitrogen and oxygen atoms in total. The first-order valence-electron chi connectivity index (χ1n) is 8.56. The maximum atomic E-state index is 13.0. The SMILES string of the molecule is Cc1ccc(C)c(S(=O)(=O)N2CCN(Cc3cnn(C)c3C)CC2)c1. The van der Waals surface area contributed by atoms with Gasteiger partial charge in [0, 0.05) is 51.0 Å². The van der Waals surface area contributed by atoms with Crippen LogP contribution in [0.2, 0.25) is 0 Å². The molecule has 1 aromatic carbocycles. The van der Waals surface area contributed by atoms with E-state index in [2.05, 4.69) is 16.9 Å². The molecule has 0 bridgehead atoms. The molecule has 0 atom stereocenters. The summed E-state index contributed by atoms with van der Waals surface area (Å²) in [4.78, 5) is 2.73. The summed E-state index contributed by atoms with van der Waals surface area (Å²) >= 11 is 0. The number of sulfonamides is 1. The van der Waals surface area contributed by atoms with Crippen LogP contribution in [-0.2, 0) is 23.6 Å². The van der Waals surface area contributed by atoms with E-state index in [1.807, 2.05) is 43.9 Å². The lowest BCUT2D eigenvalue weighted by Gasteiger charge is -2.34. The second-order valence-electron chi connectivity index (χ2n) is 6.83. The first kappa shape index (κ1) is 18.1. The van der Waals surface area contributed by atoms with Crippen molar-refractivity contribution in [2.75, 3.05) is 26.2 Å². The molecule has 7 heteroatoms. The second kappa shape index (κ2) is 6.90. The predicted molar refractivity (Wildman–Crippen MR) is 97.9 cm³/mol. The van der Waals surface area contributed by atoms with E-state index in [1.54, 1.807) is 10.4 Å². The Morgan fingerprint density at radius 3 is 2.36 bits per heavy atom. The summed E-state index contributed by atoms with van der Waals surface area (Å²) < 4.78 is 29.4. The average molecular weight is 362 g/mol. The Kier molecular flexibility index (Phi) is 4.99. The van der Waals surface area contributed by atoms with Gasteiger partial charge >= 0.3 is 0 Å². The molecule has 2 aromatic rings. The molecule has 0 radical (unpaired) electrons. The fourth-order valence-corrected chi connectivity index (χ4v) is 4.92. The largest absolute Gasteiger partial charge is 0.296 e. The summed E-state index contributed by atoms with van der Waals surface area (Å²) in [5.41, 5.74) is 4.13. The van der Waals surface area contributed by atoms with E-state index in [1.165, 1.54) is 5.56 Å². The number of piperazine rings is 1. The third-order valence-electron chi connectivity index (χ3n) is 5.02. The molecular formula is C18H26N4O2S. The average Bonchev–Trinajstić information content (AvgIpc) is 2.89. The smallest absolute Gasteiger partial charge is 0.243 e. The molecule has 0 amide bonds. The van der Waals surface area contributed by atoms with Crippen molar-refractivity contribution in [2.24, 2.45) is 7.05 Å². The maximum Gasteiger partial charge on any atom is 0.243 e. The van der Waals surface area contributed by atoms with Crippen molar-refractivity contribution in [2.45, 2.75) is 32.2 Å². The van der Waals surface area contributed by atoms with Gasteiger partial charge in [-0.1, -0.05) is 12.1 Å². The van der Waals surface area contributed by atoms with Crippen molar-refractivity contribution in [3.8, 4) is 0 Å². The van der Waals surface area contributed by atoms with Gasteiger partial charge in [0.05, 0.1) is 11.1 Å². The van der Waals surface area contributed by atoms with Crippen LogP contribution in [0.25, 0.3) is 0 Å². The molecule has 1 aliphatic rings. The molecule has 0 aliphatic carbocycles. The van der Waals surface area contributed by atoms with Crippen LogP contribution in [0.4, 0.5) is 0 Å². The normalized spacial score (nSPS) is 17.1. The fraction of sp³-hybridized carbons (Fsp3) is 0.500. The zero-order valence-electron chi connectivity index (χ0n) is 15.4. The first-order chi connectivity index (χ1) is 11.8. The zero-order chi connectivity index (χ0) is 18.2. The van der Waals surface area contributed by atoms with Crippen LogP contribution in [-0.4, -0.2) is 53.6 Å². The lowest BCUT2D eigenvalue weighted by molar-refractivity contribution is 0.181. The summed E-state index contributed by atoms with van der Waals surface area (Å²) in [6.45, 7) is 9.17. The standard InChI is InChI=1S/C18H26N4O2S/c1-14-5-6-15(2)18(11-14)25(23,24)22-9-7-21(8-10-22)13-17-12-19-20(4)16(17)3/h5-6,11-12H,7-10,13H2,1-4H3. The molecule has 2 heterocycles. The summed E-state index contributed by atoms with van der Waals surface area (Å²) in [7, 11) is -1.49. The van der Waals surface area contributed by atoms with E-state index in [9.17, 15) is 8.42 Å². The maximum absolute atomic E-state index is 13.0. The number of benzene rings is 1. The fourth-order valence-electron chi connectivity index (χ4n) is 3.19. The minimum atomic E-state index is -3.43. The molecule has 0 N–H and O–H groups in total. The van der Waals surface area contributed by atoms with Gasteiger partial charge in [0.25, 0.3) is 0 Å². The van der Waals surface area contributed by atoms with Crippen molar-refractivity contribution in [1.29, 1.82) is 0 Å². The number of hydrogen-bond acceptors (Lipinski definition) is 4. The number of aryl methyl sites for hydroxylation is 3. The van der Waals surface area contributed by atoms with Crippen LogP contribution in [0.15, 0.2) is 29.3 Å². The predicted octanol–water partition coefficient (Wildman–Crippen LogP) is 1.85. The number of rotatable bonds is 4. The van der Waals surface area contributed by atoms with E-state index in [-0.39, 0.29) is 0 Å². The lowest BCUT2D eigenvalue weighted by atomic mass is 10.2. The van der Waals surface area contributed by atoms with Gasteiger partial charge in [-0.3, -0.25) is 9.58 Å². The summed E-state index contributed by atoms with van der Waals surface area (Å²) in [5.74, 6) is 0. The highest BCUT2D eigenvalue weighted by Crippen LogP contribution is 2.23. The monoisotopic (exact) mass is 362 g/mol. The Bertz CT molecular complexity index is 865. The van der Waals surface area contributed by atoms with Gasteiger partial charge in [-0.25, -0.2) is 8.42 Å². The van der Waals surface area contributed by atoms with Crippen LogP contribution >= 0.6 is 0 Å². The molecule has 1 saturated heterocycles. The summed E-state index contributed by atoms with van der Waals surface area (Å²) in [6.07, 6.45) is 1.90. The van der Waals surface area contributed by atoms with Crippen molar-refractivity contribution < 1.29 is 8.42 Å². The van der Waals surface area contributed by atoms with Crippen molar-refractivity contribution >= 4 is 10.0 Å². The first-order valence-corrected chi connectivity index (χ1v) is 10.0. The number of nitrogens with zero attached hydrogens (tertiary/aromatic N) is 4. The Morgan fingerprint density at radius 2 is 1.76 bits per heavy atom. The third kappa shape index (κ3) is 3.63. The Morgan fingerprint density at radius 1 is 1.08 bits per heavy atom. The minimum Gasteiger partial charge on any atom is -0.296 e. The van der Waals surface area contributed by atoms with Crippen LogP contribution in [0.3, 0.4) is 0 Å². The van der Waals surface area contributed by atoms with E-state index < -0.39 is 10.0 Å². The molecule has 25 heavy (non-hydrogen) atoms. The van der Waals surface area contributed by atoms with Gasteiger partial charge in [-0.2, -0.15) is 9.40 Å². The summed E-state index contributed by atoms with van der Waals surface area (Å²) in [6, 6.07) is 5.60. The minimum absolute atomic E-state index is 0.434.